The highest BCUT2D eigenvalue weighted by molar-refractivity contribution is 5.67. The summed E-state index contributed by atoms with van der Waals surface area (Å²) in [5, 5.41) is 17.5. The molecule has 0 radical (unpaired) electrons. The number of hydrogen-bond acceptors (Lipinski definition) is 2. The summed E-state index contributed by atoms with van der Waals surface area (Å²) in [4.78, 5) is 10.3. The van der Waals surface area contributed by atoms with Crippen molar-refractivity contribution in [2.24, 2.45) is 0 Å². The number of aliphatic carboxylic acids is 1. The van der Waals surface area contributed by atoms with E-state index in [0.717, 1.165) is 6.07 Å². The Morgan fingerprint density at radius 3 is 2.53 bits per heavy atom. The van der Waals surface area contributed by atoms with Crippen LogP contribution in [0.4, 0.5) is 13.2 Å². The van der Waals surface area contributed by atoms with Gasteiger partial charge in [0.05, 0.1) is 0 Å². The molecule has 1 aromatic carbocycles. The van der Waals surface area contributed by atoms with Gasteiger partial charge >= 0.3 is 12.1 Å². The number of carboxylic acids is 1. The molecule has 0 aliphatic heterocycles. The van der Waals surface area contributed by atoms with Crippen molar-refractivity contribution in [1.29, 1.82) is 0 Å². The molecule has 3 nitrogen and oxygen atoms in total. The van der Waals surface area contributed by atoms with Crippen LogP contribution >= 0.6 is 0 Å². The summed E-state index contributed by atoms with van der Waals surface area (Å²) in [5.41, 5.74) is 0.175. The molecule has 0 saturated heterocycles. The van der Waals surface area contributed by atoms with Gasteiger partial charge in [0.25, 0.3) is 0 Å². The lowest BCUT2D eigenvalue weighted by atomic mass is 10.0. The molecule has 0 aromatic heterocycles. The van der Waals surface area contributed by atoms with Crippen LogP contribution in [-0.2, 0) is 11.2 Å². The average Bonchev–Trinajstić information content (AvgIpc) is 2.24. The first-order valence-electron chi connectivity index (χ1n) is 4.86. The van der Waals surface area contributed by atoms with Crippen LogP contribution in [0.2, 0.25) is 0 Å². The first-order valence-corrected chi connectivity index (χ1v) is 4.86. The van der Waals surface area contributed by atoms with Crippen molar-refractivity contribution in [2.75, 3.05) is 0 Å². The molecule has 1 aromatic rings. The van der Waals surface area contributed by atoms with Gasteiger partial charge in [0.2, 0.25) is 0 Å². The maximum absolute atomic E-state index is 12.2. The average molecular weight is 248 g/mol. The molecule has 0 bridgehead atoms. The standard InChI is InChI=1S/C11H11F3O3/c12-11(13,14)10(17)8-3-1-2-7(6-8)4-5-9(15)16/h1-3,6,10,17H,4-5H2,(H,15,16). The number of halogens is 3. The molecule has 0 aliphatic rings. The predicted molar refractivity (Wildman–Crippen MR) is 53.4 cm³/mol. The molecule has 17 heavy (non-hydrogen) atoms. The minimum absolute atomic E-state index is 0.133. The number of alkyl halides is 3. The van der Waals surface area contributed by atoms with Gasteiger partial charge in [0.1, 0.15) is 0 Å². The molecule has 0 aliphatic carbocycles. The van der Waals surface area contributed by atoms with Gasteiger partial charge in [-0.3, -0.25) is 4.79 Å². The molecular weight excluding hydrogens is 237 g/mol. The van der Waals surface area contributed by atoms with Crippen LogP contribution in [0.3, 0.4) is 0 Å². The summed E-state index contributed by atoms with van der Waals surface area (Å²) < 4.78 is 36.7. The van der Waals surface area contributed by atoms with Crippen molar-refractivity contribution in [3.63, 3.8) is 0 Å². The van der Waals surface area contributed by atoms with E-state index in [2.05, 4.69) is 0 Å². The number of hydrogen-bond donors (Lipinski definition) is 2. The minimum Gasteiger partial charge on any atom is -0.481 e. The minimum atomic E-state index is -4.72. The first-order chi connectivity index (χ1) is 7.80. The quantitative estimate of drug-likeness (QED) is 0.859. The van der Waals surface area contributed by atoms with E-state index in [-0.39, 0.29) is 18.4 Å². The molecule has 94 valence electrons. The van der Waals surface area contributed by atoms with Crippen LogP contribution in [-0.4, -0.2) is 22.4 Å². The molecule has 0 spiro atoms. The monoisotopic (exact) mass is 248 g/mol. The highest BCUT2D eigenvalue weighted by Crippen LogP contribution is 2.32. The Morgan fingerprint density at radius 1 is 1.35 bits per heavy atom. The Kier molecular flexibility index (Phi) is 4.11. The smallest absolute Gasteiger partial charge is 0.418 e. The zero-order chi connectivity index (χ0) is 13.1. The number of aliphatic hydroxyl groups excluding tert-OH is 1. The number of carboxylic acid groups (broad SMARTS) is 1. The normalized spacial score (nSPS) is 13.4. The molecule has 1 unspecified atom stereocenters. The van der Waals surface area contributed by atoms with Gasteiger partial charge in [0.15, 0.2) is 6.10 Å². The van der Waals surface area contributed by atoms with E-state index in [1.54, 1.807) is 0 Å². The second-order valence-electron chi connectivity index (χ2n) is 3.58. The second-order valence-corrected chi connectivity index (χ2v) is 3.58. The van der Waals surface area contributed by atoms with E-state index in [1.807, 2.05) is 0 Å². The Balaban J connectivity index is 2.82. The summed E-state index contributed by atoms with van der Waals surface area (Å²) in [6.07, 6.45) is -7.28. The molecule has 2 N–H and O–H groups in total. The fraction of sp³-hybridized carbons (Fsp3) is 0.364. The van der Waals surface area contributed by atoms with Crippen molar-refractivity contribution < 1.29 is 28.2 Å². The number of benzene rings is 1. The van der Waals surface area contributed by atoms with Gasteiger partial charge in [-0.25, -0.2) is 0 Å². The molecule has 0 amide bonds. The van der Waals surface area contributed by atoms with E-state index in [4.69, 9.17) is 10.2 Å². The van der Waals surface area contributed by atoms with Crippen LogP contribution in [0.1, 0.15) is 23.7 Å². The van der Waals surface area contributed by atoms with Crippen LogP contribution < -0.4 is 0 Å². The first kappa shape index (κ1) is 13.5. The third-order valence-electron chi connectivity index (χ3n) is 2.20. The predicted octanol–water partition coefficient (Wildman–Crippen LogP) is 2.30. The zero-order valence-electron chi connectivity index (χ0n) is 8.74. The molecule has 6 heteroatoms. The number of carbonyl (C=O) groups is 1. The Bertz CT molecular complexity index is 401. The summed E-state index contributed by atoms with van der Waals surface area (Å²) in [7, 11) is 0. The lowest BCUT2D eigenvalue weighted by Crippen LogP contribution is -2.20. The van der Waals surface area contributed by atoms with Gasteiger partial charge in [-0.2, -0.15) is 13.2 Å². The SMILES string of the molecule is O=C(O)CCc1cccc(C(O)C(F)(F)F)c1. The van der Waals surface area contributed by atoms with Crippen molar-refractivity contribution in [2.45, 2.75) is 25.1 Å². The van der Waals surface area contributed by atoms with E-state index < -0.39 is 18.2 Å². The van der Waals surface area contributed by atoms with Gasteiger partial charge in [-0.15, -0.1) is 0 Å². The zero-order valence-corrected chi connectivity index (χ0v) is 8.74. The van der Waals surface area contributed by atoms with Crippen LogP contribution in [0, 0.1) is 0 Å². The number of aliphatic hydroxyl groups is 1. The summed E-state index contributed by atoms with van der Waals surface area (Å²) in [6, 6.07) is 5.21. The molecule has 0 saturated carbocycles. The molecule has 0 fully saturated rings. The fourth-order valence-electron chi connectivity index (χ4n) is 1.36. The van der Waals surface area contributed by atoms with Crippen molar-refractivity contribution in [3.8, 4) is 0 Å². The van der Waals surface area contributed by atoms with Crippen molar-refractivity contribution >= 4 is 5.97 Å². The van der Waals surface area contributed by atoms with Gasteiger partial charge < -0.3 is 10.2 Å². The second kappa shape index (κ2) is 5.18. The maximum atomic E-state index is 12.2. The van der Waals surface area contributed by atoms with E-state index in [9.17, 15) is 18.0 Å². The van der Waals surface area contributed by atoms with Crippen LogP contribution in [0.25, 0.3) is 0 Å². The summed E-state index contributed by atoms with van der Waals surface area (Å²) in [5.74, 6) is -1.02. The third kappa shape index (κ3) is 4.07. The Morgan fingerprint density at radius 2 is 2.00 bits per heavy atom. The van der Waals surface area contributed by atoms with E-state index in [0.29, 0.717) is 5.56 Å². The maximum Gasteiger partial charge on any atom is 0.418 e. The number of aryl methyl sites for hydroxylation is 1. The van der Waals surface area contributed by atoms with Gasteiger partial charge in [-0.1, -0.05) is 24.3 Å². The molecule has 1 rings (SSSR count). The van der Waals surface area contributed by atoms with Gasteiger partial charge in [-0.05, 0) is 17.5 Å². The molecular formula is C11H11F3O3. The van der Waals surface area contributed by atoms with Crippen LogP contribution in [0.5, 0.6) is 0 Å². The number of rotatable bonds is 4. The highest BCUT2D eigenvalue weighted by atomic mass is 19.4. The van der Waals surface area contributed by atoms with E-state index in [1.165, 1.54) is 18.2 Å². The molecule has 1 atom stereocenters. The fourth-order valence-corrected chi connectivity index (χ4v) is 1.36. The topological polar surface area (TPSA) is 57.5 Å². The lowest BCUT2D eigenvalue weighted by molar-refractivity contribution is -0.206. The molecule has 0 heterocycles. The third-order valence-corrected chi connectivity index (χ3v) is 2.20. The summed E-state index contributed by atoms with van der Waals surface area (Å²) in [6.45, 7) is 0. The van der Waals surface area contributed by atoms with E-state index >= 15 is 0 Å². The largest absolute Gasteiger partial charge is 0.481 e. The van der Waals surface area contributed by atoms with Crippen molar-refractivity contribution in [1.82, 2.24) is 0 Å². The van der Waals surface area contributed by atoms with Crippen molar-refractivity contribution in [3.05, 3.63) is 35.4 Å². The highest BCUT2D eigenvalue weighted by Gasteiger charge is 2.39. The van der Waals surface area contributed by atoms with Crippen LogP contribution in [0.15, 0.2) is 24.3 Å². The Hall–Kier alpha value is -1.56. The Labute approximate surface area is 95.5 Å². The van der Waals surface area contributed by atoms with Gasteiger partial charge in [0, 0.05) is 6.42 Å². The summed E-state index contributed by atoms with van der Waals surface area (Å²) >= 11 is 0. The lowest BCUT2D eigenvalue weighted by Gasteiger charge is -2.15.